The predicted octanol–water partition coefficient (Wildman–Crippen LogP) is 5.41. The molecule has 13 aliphatic rings. The van der Waals surface area contributed by atoms with Gasteiger partial charge in [-0.3, -0.25) is 4.79 Å². The molecule has 4 N–H and O–H groups in total. The predicted molar refractivity (Wildman–Crippen MR) is 264 cm³/mol. The molecule has 0 aliphatic carbocycles. The Morgan fingerprint density at radius 1 is 0.507 bits per heavy atom. The Kier molecular flexibility index (Phi) is 14.7. The molecule has 18 nitrogen and oxygen atoms in total. The number of aliphatic hydroxyl groups excluding tert-OH is 2. The van der Waals surface area contributed by atoms with E-state index in [0.29, 0.717) is 70.1 Å². The average Bonchev–Trinajstić information content (AvgIpc) is 4.11. The van der Waals surface area contributed by atoms with Crippen molar-refractivity contribution in [2.45, 2.75) is 302 Å². The van der Waals surface area contributed by atoms with Gasteiger partial charge in [-0.25, -0.2) is 9.78 Å². The highest BCUT2D eigenvalue weighted by Gasteiger charge is 2.63. The summed E-state index contributed by atoms with van der Waals surface area (Å²) in [6, 6.07) is 0. The Hall–Kier alpha value is -1.43. The summed E-state index contributed by atoms with van der Waals surface area (Å²) >= 11 is 0. The van der Waals surface area contributed by atoms with Crippen LogP contribution in [0.2, 0.25) is 0 Å². The molecule has 0 radical (unpaired) electrons. The van der Waals surface area contributed by atoms with E-state index in [1.54, 1.807) is 0 Å². The Labute approximate surface area is 442 Å². The molecule has 13 rings (SSSR count). The van der Waals surface area contributed by atoms with Gasteiger partial charge in [0, 0.05) is 63.8 Å². The fraction of sp³-hybridized carbons (Fsp3) is 0.947. The van der Waals surface area contributed by atoms with Crippen LogP contribution in [0.15, 0.2) is 12.2 Å². The molecule has 75 heavy (non-hydrogen) atoms. The van der Waals surface area contributed by atoms with Crippen molar-refractivity contribution in [1.82, 2.24) is 0 Å². The molecule has 0 aromatic heterocycles. The maximum absolute atomic E-state index is 14.5. The zero-order valence-corrected chi connectivity index (χ0v) is 44.9. The lowest BCUT2D eigenvalue weighted by Crippen LogP contribution is -2.61. The van der Waals surface area contributed by atoms with Gasteiger partial charge in [-0.15, -0.1) is 0 Å². The summed E-state index contributed by atoms with van der Waals surface area (Å²) in [5, 5.41) is 22.2. The first-order valence-electron chi connectivity index (χ1n) is 29.6. The molecule has 30 atom stereocenters. The van der Waals surface area contributed by atoms with Crippen molar-refractivity contribution < 1.29 is 81.6 Å². The van der Waals surface area contributed by atoms with E-state index in [4.69, 9.17) is 72.4 Å². The van der Waals surface area contributed by atoms with Crippen LogP contribution in [0, 0.1) is 29.6 Å². The second kappa shape index (κ2) is 20.8. The topological polar surface area (TPSA) is 213 Å². The lowest BCUT2D eigenvalue weighted by atomic mass is 9.79. The Bertz CT molecular complexity index is 2070. The molecule has 13 fully saturated rings. The van der Waals surface area contributed by atoms with Gasteiger partial charge in [0.15, 0.2) is 11.6 Å². The van der Waals surface area contributed by atoms with Crippen LogP contribution >= 0.6 is 0 Å². The number of ether oxygens (including phenoxy) is 12. The van der Waals surface area contributed by atoms with Gasteiger partial charge in [-0.1, -0.05) is 41.2 Å². The smallest absolute Gasteiger partial charge is 0.308 e. The van der Waals surface area contributed by atoms with E-state index in [2.05, 4.69) is 41.2 Å². The minimum Gasteiger partial charge on any atom is -0.459 e. The summed E-state index contributed by atoms with van der Waals surface area (Å²) in [5.41, 5.74) is 7.02. The third-order valence-electron chi connectivity index (χ3n) is 20.8. The highest BCUT2D eigenvalue weighted by atomic mass is 17.2. The SMILES string of the molecule is C=C1[C@H](C)C[C@@H]2CC[C@@H]3O[C@@H](CC[C@]45C[C@@H](O)[C@H](O4)C4C[C@@H](O5)C5O[C@H](CC[C@@H]5O4)CC(=O)O[C@@H]4[C@@H](C)[C@@H]5O[C@@H]6C[C@]7(C[C@@H]8OO[C@H]9C[C@@H](O)[C@@H](CN)O[C@H]9[C@@H](C)CC[C@H](C)[C@@H]8O7)O[C@@H]6C[C@@H]5O[C@H]4C[C@H]1O2)CC3C. The van der Waals surface area contributed by atoms with Crippen LogP contribution in [0.25, 0.3) is 0 Å². The highest BCUT2D eigenvalue weighted by Crippen LogP contribution is 2.53. The van der Waals surface area contributed by atoms with Crippen molar-refractivity contribution in [3.8, 4) is 0 Å². The number of carbonyl (C=O) groups is 1. The van der Waals surface area contributed by atoms with E-state index in [1.165, 1.54) is 0 Å². The summed E-state index contributed by atoms with van der Waals surface area (Å²) in [6.45, 7) is 15.9. The minimum absolute atomic E-state index is 0.00991. The molecule has 13 saturated heterocycles. The van der Waals surface area contributed by atoms with Gasteiger partial charge in [-0.05, 0) is 87.0 Å². The summed E-state index contributed by atoms with van der Waals surface area (Å²) in [4.78, 5) is 27.0. The van der Waals surface area contributed by atoms with Crippen molar-refractivity contribution >= 4 is 5.97 Å². The van der Waals surface area contributed by atoms with Crippen LogP contribution in [0.5, 0.6) is 0 Å². The van der Waals surface area contributed by atoms with Crippen molar-refractivity contribution in [1.29, 1.82) is 0 Å². The van der Waals surface area contributed by atoms with E-state index in [9.17, 15) is 15.0 Å². The van der Waals surface area contributed by atoms with Crippen molar-refractivity contribution in [2.24, 2.45) is 35.3 Å². The third kappa shape index (κ3) is 10.1. The maximum Gasteiger partial charge on any atom is 0.308 e. The first-order chi connectivity index (χ1) is 36.1. The third-order valence-corrected chi connectivity index (χ3v) is 20.8. The van der Waals surface area contributed by atoms with E-state index in [0.717, 1.165) is 50.5 Å². The van der Waals surface area contributed by atoms with Crippen LogP contribution in [0.3, 0.4) is 0 Å². The second-order valence-corrected chi connectivity index (χ2v) is 26.1. The lowest BCUT2D eigenvalue weighted by Gasteiger charge is -2.50. The molecule has 422 valence electrons. The first kappa shape index (κ1) is 52.9. The minimum atomic E-state index is -0.962. The van der Waals surface area contributed by atoms with Gasteiger partial charge < -0.3 is 72.8 Å². The number of nitrogens with two attached hydrogens (primary N) is 1. The number of carbonyl (C=O) groups excluding carboxylic acids is 1. The summed E-state index contributed by atoms with van der Waals surface area (Å²) in [7, 11) is 0. The Morgan fingerprint density at radius 2 is 1.20 bits per heavy atom. The van der Waals surface area contributed by atoms with Crippen molar-refractivity contribution in [2.75, 3.05) is 6.54 Å². The van der Waals surface area contributed by atoms with Gasteiger partial charge >= 0.3 is 5.97 Å². The molecule has 18 heteroatoms. The maximum atomic E-state index is 14.5. The van der Waals surface area contributed by atoms with Gasteiger partial charge in [0.05, 0.1) is 116 Å². The molecule has 10 bridgehead atoms. The van der Waals surface area contributed by atoms with Crippen LogP contribution in [0.1, 0.15) is 150 Å². The molecule has 13 aliphatic heterocycles. The molecular weight excluding hydrogens is 971 g/mol. The monoisotopic (exact) mass is 1060 g/mol. The average molecular weight is 1060 g/mol. The normalized spacial score (nSPS) is 57.1. The van der Waals surface area contributed by atoms with E-state index < -0.39 is 66.5 Å². The van der Waals surface area contributed by atoms with Crippen molar-refractivity contribution in [3.05, 3.63) is 12.2 Å². The molecule has 3 unspecified atom stereocenters. The summed E-state index contributed by atoms with van der Waals surface area (Å²) < 4.78 is 82.4. The number of esters is 1. The number of hydrogen-bond donors (Lipinski definition) is 3. The molecule has 13 heterocycles. The second-order valence-electron chi connectivity index (χ2n) is 26.1. The number of hydrogen-bond acceptors (Lipinski definition) is 18. The zero-order valence-electron chi connectivity index (χ0n) is 44.9. The fourth-order valence-electron chi connectivity index (χ4n) is 16.6. The molecule has 0 saturated carbocycles. The standard InChI is InChI=1S/C57H87NO17/c1-26-7-8-27(2)51-47(75-74-45-18-35(59)48(25-58)68-50(26)45)24-57(72-51)23-46-40(70-57)20-42-52(67-46)31(6)53-41(66-42)19-39-30(5)28(3)15-32(63-39)9-11-37-29(4)16-34(62-37)13-14-56-22-36(60)54(73-56)43-21-44(71-56)55-38(65-43)12-10-33(64-55)17-49(61)69-53/h26-29,31-48,50-55,59-60H,5,7-25,58H2,1-4,6H3/t26-,27-,28+,29?,31-,32-,33+,34-,35+,36+,37-,38-,39+,40+,41-,42-,43?,44+,45-,46+,47-,48+,50-,51-,52-,53+,54-,55?,56+,57-/m0/s1. The number of fused-ring (bicyclic) bond motifs is 13. The molecule has 0 aromatic rings. The van der Waals surface area contributed by atoms with Gasteiger partial charge in [0.25, 0.3) is 0 Å². The van der Waals surface area contributed by atoms with Crippen molar-refractivity contribution in [3.63, 3.8) is 0 Å². The van der Waals surface area contributed by atoms with E-state index in [-0.39, 0.29) is 128 Å². The van der Waals surface area contributed by atoms with Crippen LogP contribution in [0.4, 0.5) is 0 Å². The molecule has 2 spiro atoms. The quantitative estimate of drug-likeness (QED) is 0.170. The van der Waals surface area contributed by atoms with Crippen LogP contribution < -0.4 is 5.73 Å². The fourth-order valence-corrected chi connectivity index (χ4v) is 16.6. The molecular formula is C57H87NO17. The van der Waals surface area contributed by atoms with Gasteiger partial charge in [0.1, 0.15) is 30.5 Å². The first-order valence-corrected chi connectivity index (χ1v) is 29.6. The molecule has 0 amide bonds. The van der Waals surface area contributed by atoms with Crippen LogP contribution in [-0.4, -0.2) is 175 Å². The molecule has 0 aromatic carbocycles. The van der Waals surface area contributed by atoms with E-state index in [1.807, 2.05) is 0 Å². The van der Waals surface area contributed by atoms with Gasteiger partial charge in [0.2, 0.25) is 0 Å². The van der Waals surface area contributed by atoms with E-state index >= 15 is 0 Å². The van der Waals surface area contributed by atoms with Gasteiger partial charge in [-0.2, -0.15) is 0 Å². The van der Waals surface area contributed by atoms with Crippen LogP contribution in [-0.2, 0) is 71.4 Å². The highest BCUT2D eigenvalue weighted by molar-refractivity contribution is 5.70. The Balaban J connectivity index is 0.736. The largest absolute Gasteiger partial charge is 0.459 e. The summed E-state index contributed by atoms with van der Waals surface area (Å²) in [5.74, 6) is -1.55. The number of rotatable bonds is 1. The lowest BCUT2D eigenvalue weighted by molar-refractivity contribution is -0.388. The summed E-state index contributed by atoms with van der Waals surface area (Å²) in [6.07, 6.45) is 3.66. The number of aliphatic hydroxyl groups is 2. The zero-order chi connectivity index (χ0) is 51.7. The Morgan fingerprint density at radius 3 is 2.04 bits per heavy atom.